The van der Waals surface area contributed by atoms with Gasteiger partial charge >= 0.3 is 0 Å². The van der Waals surface area contributed by atoms with Crippen molar-refractivity contribution in [1.82, 2.24) is 0 Å². The molecule has 6 nitrogen and oxygen atoms in total. The Morgan fingerprint density at radius 2 is 1.97 bits per heavy atom. The van der Waals surface area contributed by atoms with Crippen LogP contribution in [0.15, 0.2) is 73.3 Å². The maximum absolute atomic E-state index is 13.2. The van der Waals surface area contributed by atoms with Crippen LogP contribution >= 0.6 is 0 Å². The van der Waals surface area contributed by atoms with Crippen LogP contribution in [-0.2, 0) is 13.0 Å². The minimum atomic E-state index is -0.456. The van der Waals surface area contributed by atoms with Crippen molar-refractivity contribution in [1.29, 1.82) is 5.26 Å². The number of nitro benzene ring substituents is 1. The van der Waals surface area contributed by atoms with E-state index in [-0.39, 0.29) is 18.1 Å². The number of methoxy groups -OCH3 is 1. The van der Waals surface area contributed by atoms with E-state index in [4.69, 9.17) is 9.47 Å². The molecule has 0 aliphatic heterocycles. The molecule has 33 heavy (non-hydrogen) atoms. The molecule has 0 N–H and O–H groups in total. The topological polar surface area (TPSA) is 85.4 Å². The van der Waals surface area contributed by atoms with Gasteiger partial charge in [-0.15, -0.1) is 6.58 Å². The summed E-state index contributed by atoms with van der Waals surface area (Å²) in [5.74, 6) is 0.556. The predicted octanol–water partition coefficient (Wildman–Crippen LogP) is 6.11. The number of nitrogens with zero attached hydrogens (tertiary/aromatic N) is 2. The molecule has 0 amide bonds. The van der Waals surface area contributed by atoms with Gasteiger partial charge in [0.05, 0.1) is 23.7 Å². The third-order valence-electron chi connectivity index (χ3n) is 4.83. The van der Waals surface area contributed by atoms with E-state index in [1.54, 1.807) is 42.5 Å². The first kappa shape index (κ1) is 23.2. The van der Waals surface area contributed by atoms with Crippen molar-refractivity contribution in [3.8, 4) is 17.6 Å². The average molecular weight is 444 g/mol. The molecule has 3 aromatic carbocycles. The van der Waals surface area contributed by atoms with Gasteiger partial charge in [0, 0.05) is 17.7 Å². The summed E-state index contributed by atoms with van der Waals surface area (Å²) in [4.78, 5) is 10.6. The molecule has 0 radical (unpaired) electrons. The summed E-state index contributed by atoms with van der Waals surface area (Å²) in [6.07, 6.45) is 3.88. The zero-order valence-electron chi connectivity index (χ0n) is 18.0. The Bertz CT molecular complexity index is 1240. The van der Waals surface area contributed by atoms with Crippen molar-refractivity contribution in [3.63, 3.8) is 0 Å². The maximum atomic E-state index is 13.2. The molecule has 0 aromatic heterocycles. The molecule has 0 unspecified atom stereocenters. The monoisotopic (exact) mass is 444 g/mol. The second kappa shape index (κ2) is 10.7. The van der Waals surface area contributed by atoms with Gasteiger partial charge in [0.15, 0.2) is 11.5 Å². The van der Waals surface area contributed by atoms with Gasteiger partial charge in [-0.05, 0) is 53.5 Å². The van der Waals surface area contributed by atoms with E-state index in [9.17, 15) is 19.8 Å². The number of hydrogen-bond acceptors (Lipinski definition) is 5. The molecule has 3 aromatic rings. The lowest BCUT2D eigenvalue weighted by Crippen LogP contribution is -2.02. The summed E-state index contributed by atoms with van der Waals surface area (Å²) in [5, 5.41) is 20.6. The molecule has 0 atom stereocenters. The highest BCUT2D eigenvalue weighted by Gasteiger charge is 2.14. The van der Waals surface area contributed by atoms with Gasteiger partial charge in [-0.25, -0.2) is 4.39 Å². The van der Waals surface area contributed by atoms with Crippen LogP contribution in [0.1, 0.15) is 22.3 Å². The van der Waals surface area contributed by atoms with Crippen molar-refractivity contribution < 1.29 is 18.8 Å². The summed E-state index contributed by atoms with van der Waals surface area (Å²) < 4.78 is 24.8. The van der Waals surface area contributed by atoms with Gasteiger partial charge in [-0.1, -0.05) is 30.3 Å². The van der Waals surface area contributed by atoms with Crippen molar-refractivity contribution in [3.05, 3.63) is 112 Å². The molecular weight excluding hydrogens is 423 g/mol. The van der Waals surface area contributed by atoms with Crippen molar-refractivity contribution in [2.45, 2.75) is 13.0 Å². The third-order valence-corrected chi connectivity index (χ3v) is 4.83. The van der Waals surface area contributed by atoms with Crippen LogP contribution in [0, 0.1) is 27.3 Å². The summed E-state index contributed by atoms with van der Waals surface area (Å²) in [7, 11) is 1.51. The van der Waals surface area contributed by atoms with E-state index in [0.29, 0.717) is 40.2 Å². The predicted molar refractivity (Wildman–Crippen MR) is 124 cm³/mol. The Morgan fingerprint density at radius 3 is 2.61 bits per heavy atom. The van der Waals surface area contributed by atoms with E-state index in [1.165, 1.54) is 31.4 Å². The van der Waals surface area contributed by atoms with Crippen LogP contribution in [-0.4, -0.2) is 12.0 Å². The van der Waals surface area contributed by atoms with Crippen molar-refractivity contribution in [2.24, 2.45) is 0 Å². The van der Waals surface area contributed by atoms with Crippen LogP contribution in [0.2, 0.25) is 0 Å². The normalized spacial score (nSPS) is 10.9. The zero-order valence-corrected chi connectivity index (χ0v) is 18.0. The molecule has 166 valence electrons. The molecule has 0 spiro atoms. The first-order valence-corrected chi connectivity index (χ1v) is 10.0. The lowest BCUT2D eigenvalue weighted by Gasteiger charge is -2.16. The van der Waals surface area contributed by atoms with E-state index in [2.05, 4.69) is 12.6 Å². The van der Waals surface area contributed by atoms with Gasteiger partial charge < -0.3 is 9.47 Å². The summed E-state index contributed by atoms with van der Waals surface area (Å²) in [6, 6.07) is 17.6. The number of allylic oxidation sites excluding steroid dienone is 2. The summed E-state index contributed by atoms with van der Waals surface area (Å²) in [6.45, 7) is 3.90. The van der Waals surface area contributed by atoms with Crippen LogP contribution in [0.4, 0.5) is 10.1 Å². The number of hydrogen-bond donors (Lipinski definition) is 0. The zero-order chi connectivity index (χ0) is 23.8. The maximum Gasteiger partial charge on any atom is 0.269 e. The first-order chi connectivity index (χ1) is 15.9. The average Bonchev–Trinajstić information content (AvgIpc) is 2.82. The van der Waals surface area contributed by atoms with Gasteiger partial charge in [0.1, 0.15) is 12.4 Å². The molecule has 7 heteroatoms. The molecule has 0 aliphatic carbocycles. The fraction of sp³-hybridized carbons (Fsp3) is 0.115. The highest BCUT2D eigenvalue weighted by atomic mass is 19.1. The molecule has 0 heterocycles. The largest absolute Gasteiger partial charge is 0.493 e. The molecule has 0 bridgehead atoms. The van der Waals surface area contributed by atoms with Gasteiger partial charge in [-0.2, -0.15) is 5.26 Å². The summed E-state index contributed by atoms with van der Waals surface area (Å²) >= 11 is 0. The molecule has 0 saturated carbocycles. The lowest BCUT2D eigenvalue weighted by molar-refractivity contribution is -0.384. The number of nitriles is 1. The number of ether oxygens (including phenoxy) is 2. The van der Waals surface area contributed by atoms with E-state index < -0.39 is 4.92 Å². The van der Waals surface area contributed by atoms with E-state index in [0.717, 1.165) is 5.56 Å². The molecule has 0 fully saturated rings. The molecule has 3 rings (SSSR count). The number of rotatable bonds is 9. The fourth-order valence-electron chi connectivity index (χ4n) is 3.28. The van der Waals surface area contributed by atoms with Crippen LogP contribution in [0.3, 0.4) is 0 Å². The van der Waals surface area contributed by atoms with Crippen LogP contribution < -0.4 is 9.47 Å². The first-order valence-electron chi connectivity index (χ1n) is 10.0. The van der Waals surface area contributed by atoms with Gasteiger partial charge in [-0.3, -0.25) is 10.1 Å². The fourth-order valence-corrected chi connectivity index (χ4v) is 3.28. The molecule has 0 saturated heterocycles. The van der Waals surface area contributed by atoms with Crippen LogP contribution in [0.25, 0.3) is 11.6 Å². The van der Waals surface area contributed by atoms with E-state index in [1.807, 2.05) is 6.07 Å². The smallest absolute Gasteiger partial charge is 0.269 e. The second-order valence-corrected chi connectivity index (χ2v) is 7.10. The number of benzene rings is 3. The van der Waals surface area contributed by atoms with E-state index >= 15 is 0 Å². The van der Waals surface area contributed by atoms with Gasteiger partial charge in [0.2, 0.25) is 0 Å². The highest BCUT2D eigenvalue weighted by Crippen LogP contribution is 2.35. The van der Waals surface area contributed by atoms with Crippen molar-refractivity contribution in [2.75, 3.05) is 7.11 Å². The third kappa shape index (κ3) is 5.83. The Hall–Kier alpha value is -4.44. The standard InChI is InChI=1S/C26H21FN2O4/c1-3-5-21-12-19(13-22(16-28)20-8-10-23(27)11-9-20)15-25(32-2)26(21)33-17-18-6-4-7-24(14-18)29(30)31/h3-4,6-15H,1,5,17H2,2H3/b22-13-. The lowest BCUT2D eigenvalue weighted by atomic mass is 10.0. The summed E-state index contributed by atoms with van der Waals surface area (Å²) in [5.41, 5.74) is 3.06. The SMILES string of the molecule is C=CCc1cc(/C=C(/C#N)c2ccc(F)cc2)cc(OC)c1OCc1cccc([N+](=O)[O-])c1. The quantitative estimate of drug-likeness (QED) is 0.131. The van der Waals surface area contributed by atoms with Crippen molar-refractivity contribution >= 4 is 17.3 Å². The Kier molecular flexibility index (Phi) is 7.55. The highest BCUT2D eigenvalue weighted by molar-refractivity contribution is 5.90. The minimum absolute atomic E-state index is 0.0142. The minimum Gasteiger partial charge on any atom is -0.493 e. The number of halogens is 1. The van der Waals surface area contributed by atoms with Gasteiger partial charge in [0.25, 0.3) is 5.69 Å². The Morgan fingerprint density at radius 1 is 1.21 bits per heavy atom. The molecule has 0 aliphatic rings. The second-order valence-electron chi connectivity index (χ2n) is 7.10. The number of non-ortho nitro benzene ring substituents is 1. The Labute approximate surface area is 191 Å². The molecular formula is C26H21FN2O4. The Balaban J connectivity index is 1.96. The van der Waals surface area contributed by atoms with Crippen LogP contribution in [0.5, 0.6) is 11.5 Å². The number of nitro groups is 1.